The van der Waals surface area contributed by atoms with Gasteiger partial charge in [0.2, 0.25) is 11.8 Å². The number of hydrogen-bond acceptors (Lipinski definition) is 3. The van der Waals surface area contributed by atoms with Crippen LogP contribution < -0.4 is 0 Å². The number of rotatable bonds is 5. The van der Waals surface area contributed by atoms with Gasteiger partial charge >= 0.3 is 5.97 Å². The van der Waals surface area contributed by atoms with E-state index in [9.17, 15) is 14.4 Å². The van der Waals surface area contributed by atoms with Crippen molar-refractivity contribution in [2.45, 2.75) is 38.1 Å². The van der Waals surface area contributed by atoms with Gasteiger partial charge in [-0.2, -0.15) is 0 Å². The Labute approximate surface area is 124 Å². The van der Waals surface area contributed by atoms with E-state index in [0.717, 1.165) is 25.7 Å². The standard InChI is InChI=1S/C15H22N2O4/c1-2-7-16-8-9-17(12(15(16)21)10-13(18)19)14(20)11-5-3-4-6-11/h2,11-12H,1,3-10H2,(H,18,19). The molecule has 1 saturated carbocycles. The van der Waals surface area contributed by atoms with Gasteiger partial charge in [-0.25, -0.2) is 0 Å². The number of piperazine rings is 1. The summed E-state index contributed by atoms with van der Waals surface area (Å²) < 4.78 is 0. The van der Waals surface area contributed by atoms with Crippen LogP contribution in [0.4, 0.5) is 0 Å². The van der Waals surface area contributed by atoms with Crippen LogP contribution in [0.3, 0.4) is 0 Å². The third kappa shape index (κ3) is 3.43. The van der Waals surface area contributed by atoms with E-state index in [1.165, 1.54) is 4.90 Å². The van der Waals surface area contributed by atoms with Crippen molar-refractivity contribution in [3.05, 3.63) is 12.7 Å². The highest BCUT2D eigenvalue weighted by molar-refractivity contribution is 5.92. The fourth-order valence-electron chi connectivity index (χ4n) is 3.21. The molecule has 21 heavy (non-hydrogen) atoms. The van der Waals surface area contributed by atoms with Crippen LogP contribution in [0, 0.1) is 5.92 Å². The lowest BCUT2D eigenvalue weighted by Gasteiger charge is -2.40. The van der Waals surface area contributed by atoms with Gasteiger partial charge in [0.25, 0.3) is 0 Å². The summed E-state index contributed by atoms with van der Waals surface area (Å²) in [4.78, 5) is 39.0. The lowest BCUT2D eigenvalue weighted by atomic mass is 10.0. The molecule has 2 amide bonds. The third-order valence-electron chi connectivity index (χ3n) is 4.29. The van der Waals surface area contributed by atoms with E-state index < -0.39 is 12.0 Å². The summed E-state index contributed by atoms with van der Waals surface area (Å²) in [6.07, 6.45) is 5.04. The monoisotopic (exact) mass is 294 g/mol. The average molecular weight is 294 g/mol. The largest absolute Gasteiger partial charge is 0.481 e. The molecule has 116 valence electrons. The van der Waals surface area contributed by atoms with Gasteiger partial charge in [0.05, 0.1) is 6.42 Å². The topological polar surface area (TPSA) is 77.9 Å². The maximum atomic E-state index is 12.5. The van der Waals surface area contributed by atoms with E-state index in [-0.39, 0.29) is 24.2 Å². The van der Waals surface area contributed by atoms with Crippen molar-refractivity contribution in [1.82, 2.24) is 9.80 Å². The van der Waals surface area contributed by atoms with Crippen LogP contribution in [-0.2, 0) is 14.4 Å². The van der Waals surface area contributed by atoms with Gasteiger partial charge in [-0.15, -0.1) is 6.58 Å². The molecule has 1 heterocycles. The molecule has 1 N–H and O–H groups in total. The molecule has 0 aromatic heterocycles. The van der Waals surface area contributed by atoms with E-state index in [1.807, 2.05) is 0 Å². The van der Waals surface area contributed by atoms with Crippen LogP contribution in [0.25, 0.3) is 0 Å². The quantitative estimate of drug-likeness (QED) is 0.763. The predicted molar refractivity (Wildman–Crippen MR) is 76.5 cm³/mol. The van der Waals surface area contributed by atoms with E-state index in [2.05, 4.69) is 6.58 Å². The molecule has 1 unspecified atom stereocenters. The summed E-state index contributed by atoms with van der Waals surface area (Å²) in [5, 5.41) is 9.04. The number of amides is 2. The summed E-state index contributed by atoms with van der Waals surface area (Å²) in [6, 6.07) is -0.871. The van der Waals surface area contributed by atoms with Gasteiger partial charge in [0.15, 0.2) is 0 Å². The highest BCUT2D eigenvalue weighted by atomic mass is 16.4. The first kappa shape index (κ1) is 15.5. The minimum absolute atomic E-state index is 0.0416. The fraction of sp³-hybridized carbons (Fsp3) is 0.667. The summed E-state index contributed by atoms with van der Waals surface area (Å²) in [6.45, 7) is 4.84. The molecule has 0 aromatic carbocycles. The van der Waals surface area contributed by atoms with Gasteiger partial charge in [-0.3, -0.25) is 14.4 Å². The Kier molecular flexibility index (Phi) is 4.98. The predicted octanol–water partition coefficient (Wildman–Crippen LogP) is 0.877. The second-order valence-electron chi connectivity index (χ2n) is 5.70. The average Bonchev–Trinajstić information content (AvgIpc) is 2.96. The minimum atomic E-state index is -1.06. The Morgan fingerprint density at radius 2 is 1.95 bits per heavy atom. The zero-order valence-electron chi connectivity index (χ0n) is 12.2. The van der Waals surface area contributed by atoms with E-state index in [4.69, 9.17) is 5.11 Å². The molecule has 0 spiro atoms. The van der Waals surface area contributed by atoms with Crippen molar-refractivity contribution in [2.24, 2.45) is 5.92 Å². The molecule has 2 fully saturated rings. The Bertz CT molecular complexity index is 443. The molecular formula is C15H22N2O4. The molecule has 1 aliphatic heterocycles. The van der Waals surface area contributed by atoms with Crippen molar-refractivity contribution in [3.8, 4) is 0 Å². The van der Waals surface area contributed by atoms with E-state index in [1.54, 1.807) is 11.0 Å². The van der Waals surface area contributed by atoms with Gasteiger partial charge in [0, 0.05) is 25.6 Å². The van der Waals surface area contributed by atoms with Crippen LogP contribution in [0.2, 0.25) is 0 Å². The number of aliphatic carboxylic acids is 1. The smallest absolute Gasteiger partial charge is 0.305 e. The second-order valence-corrected chi connectivity index (χ2v) is 5.70. The van der Waals surface area contributed by atoms with Crippen molar-refractivity contribution in [3.63, 3.8) is 0 Å². The molecular weight excluding hydrogens is 272 g/mol. The maximum Gasteiger partial charge on any atom is 0.305 e. The third-order valence-corrected chi connectivity index (χ3v) is 4.29. The molecule has 1 atom stereocenters. The Balaban J connectivity index is 2.14. The molecule has 2 aliphatic rings. The van der Waals surface area contributed by atoms with Gasteiger partial charge in [0.1, 0.15) is 6.04 Å². The van der Waals surface area contributed by atoms with E-state index >= 15 is 0 Å². The zero-order chi connectivity index (χ0) is 15.4. The lowest BCUT2D eigenvalue weighted by Crippen LogP contribution is -2.60. The first-order chi connectivity index (χ1) is 10.0. The molecule has 0 radical (unpaired) electrons. The molecule has 6 nitrogen and oxygen atoms in total. The highest BCUT2D eigenvalue weighted by Gasteiger charge is 2.40. The maximum absolute atomic E-state index is 12.5. The summed E-state index contributed by atoms with van der Waals surface area (Å²) in [7, 11) is 0. The molecule has 6 heteroatoms. The van der Waals surface area contributed by atoms with E-state index in [0.29, 0.717) is 19.6 Å². The van der Waals surface area contributed by atoms with Crippen molar-refractivity contribution in [1.29, 1.82) is 0 Å². The van der Waals surface area contributed by atoms with Crippen molar-refractivity contribution in [2.75, 3.05) is 19.6 Å². The number of nitrogens with zero attached hydrogens (tertiary/aromatic N) is 2. The molecule has 1 aliphatic carbocycles. The zero-order valence-corrected chi connectivity index (χ0v) is 12.2. The number of hydrogen-bond donors (Lipinski definition) is 1. The van der Waals surface area contributed by atoms with Crippen LogP contribution in [-0.4, -0.2) is 58.4 Å². The van der Waals surface area contributed by atoms with Gasteiger partial charge < -0.3 is 14.9 Å². The number of carboxylic acids is 1. The van der Waals surface area contributed by atoms with Crippen LogP contribution >= 0.6 is 0 Å². The summed E-state index contributed by atoms with van der Waals surface area (Å²) >= 11 is 0. The molecule has 0 bridgehead atoms. The van der Waals surface area contributed by atoms with Gasteiger partial charge in [-0.1, -0.05) is 18.9 Å². The number of carbonyl (C=O) groups excluding carboxylic acids is 2. The minimum Gasteiger partial charge on any atom is -0.481 e. The Hall–Kier alpha value is -1.85. The Morgan fingerprint density at radius 1 is 1.29 bits per heavy atom. The molecule has 1 saturated heterocycles. The van der Waals surface area contributed by atoms with Crippen molar-refractivity contribution >= 4 is 17.8 Å². The first-order valence-electron chi connectivity index (χ1n) is 7.46. The van der Waals surface area contributed by atoms with Crippen LogP contribution in [0.15, 0.2) is 12.7 Å². The lowest BCUT2D eigenvalue weighted by molar-refractivity contribution is -0.156. The molecule has 0 aromatic rings. The van der Waals surface area contributed by atoms with Crippen molar-refractivity contribution < 1.29 is 19.5 Å². The molecule has 2 rings (SSSR count). The first-order valence-corrected chi connectivity index (χ1v) is 7.46. The van der Waals surface area contributed by atoms with Crippen LogP contribution in [0.1, 0.15) is 32.1 Å². The number of carbonyl (C=O) groups is 3. The Morgan fingerprint density at radius 3 is 2.52 bits per heavy atom. The summed E-state index contributed by atoms with van der Waals surface area (Å²) in [5.41, 5.74) is 0. The normalized spacial score (nSPS) is 23.4. The highest BCUT2D eigenvalue weighted by Crippen LogP contribution is 2.28. The fourth-order valence-corrected chi connectivity index (χ4v) is 3.21. The summed E-state index contributed by atoms with van der Waals surface area (Å²) in [5.74, 6) is -1.43. The van der Waals surface area contributed by atoms with Crippen LogP contribution in [0.5, 0.6) is 0 Å². The second kappa shape index (κ2) is 6.74. The number of carboxylic acid groups (broad SMARTS) is 1. The van der Waals surface area contributed by atoms with Gasteiger partial charge in [-0.05, 0) is 12.8 Å². The SMILES string of the molecule is C=CCN1CCN(C(=O)C2CCCC2)C(CC(=O)O)C1=O.